The summed E-state index contributed by atoms with van der Waals surface area (Å²) in [7, 11) is -3.55. The van der Waals surface area contributed by atoms with Crippen molar-refractivity contribution < 1.29 is 17.9 Å². The first kappa shape index (κ1) is 20.0. The zero-order valence-corrected chi connectivity index (χ0v) is 17.7. The molecule has 1 aliphatic heterocycles. The van der Waals surface area contributed by atoms with Crippen molar-refractivity contribution in [3.8, 4) is 0 Å². The summed E-state index contributed by atoms with van der Waals surface area (Å²) in [5.74, 6) is -0.278. The molecule has 2 aromatic rings. The Bertz CT molecular complexity index is 925. The Hall–Kier alpha value is -1.70. The highest BCUT2D eigenvalue weighted by Gasteiger charge is 2.30. The molecule has 1 fully saturated rings. The molecule has 1 heterocycles. The van der Waals surface area contributed by atoms with Gasteiger partial charge in [0.15, 0.2) is 9.84 Å². The van der Waals surface area contributed by atoms with Gasteiger partial charge in [-0.25, -0.2) is 8.42 Å². The van der Waals surface area contributed by atoms with Crippen LogP contribution < -0.4 is 0 Å². The van der Waals surface area contributed by atoms with E-state index < -0.39 is 15.1 Å². The molecule has 1 aliphatic rings. The number of hydrogen-bond donors (Lipinski definition) is 0. The fourth-order valence-electron chi connectivity index (χ4n) is 3.03. The van der Waals surface area contributed by atoms with Gasteiger partial charge in [-0.05, 0) is 43.7 Å². The van der Waals surface area contributed by atoms with Crippen LogP contribution in [0.15, 0.2) is 57.9 Å². The summed E-state index contributed by atoms with van der Waals surface area (Å²) in [5, 5.41) is -0.591. The molecule has 0 bridgehead atoms. The van der Waals surface area contributed by atoms with E-state index in [1.54, 1.807) is 36.9 Å². The number of carbonyl (C=O) groups excluding carboxylic acids is 1. The number of rotatable bonds is 4. The standard InChI is InChI=1S/C20H22BrNO4S/c1-14(2)27(24,25)19-6-4-3-5-17(19)20(23)22-11-12-26-18(13-22)15-7-9-16(21)10-8-15/h3-10,14,18H,11-13H2,1-2H3. The van der Waals surface area contributed by atoms with E-state index in [2.05, 4.69) is 15.9 Å². The Morgan fingerprint density at radius 3 is 2.48 bits per heavy atom. The maximum Gasteiger partial charge on any atom is 0.255 e. The van der Waals surface area contributed by atoms with Crippen LogP contribution in [0.2, 0.25) is 0 Å². The molecule has 0 spiro atoms. The summed E-state index contributed by atoms with van der Waals surface area (Å²) < 4.78 is 32.1. The van der Waals surface area contributed by atoms with Crippen LogP contribution in [0.25, 0.3) is 0 Å². The van der Waals surface area contributed by atoms with Gasteiger partial charge < -0.3 is 9.64 Å². The highest BCUT2D eigenvalue weighted by Crippen LogP contribution is 2.27. The van der Waals surface area contributed by atoms with Gasteiger partial charge in [-0.1, -0.05) is 40.2 Å². The van der Waals surface area contributed by atoms with E-state index in [9.17, 15) is 13.2 Å². The number of sulfone groups is 1. The summed E-state index contributed by atoms with van der Waals surface area (Å²) in [6.45, 7) is 4.47. The first-order chi connectivity index (χ1) is 12.8. The number of nitrogens with zero attached hydrogens (tertiary/aromatic N) is 1. The molecule has 0 saturated carbocycles. The first-order valence-corrected chi connectivity index (χ1v) is 11.1. The minimum atomic E-state index is -3.55. The van der Waals surface area contributed by atoms with Gasteiger partial charge in [-0.3, -0.25) is 4.79 Å². The van der Waals surface area contributed by atoms with Crippen LogP contribution in [-0.4, -0.2) is 44.2 Å². The molecule has 1 amide bonds. The first-order valence-electron chi connectivity index (χ1n) is 8.80. The second-order valence-corrected chi connectivity index (χ2v) is 10.1. The number of ether oxygens (including phenoxy) is 1. The molecule has 1 unspecified atom stereocenters. The molecular weight excluding hydrogens is 430 g/mol. The van der Waals surface area contributed by atoms with E-state index in [1.807, 2.05) is 24.3 Å². The van der Waals surface area contributed by atoms with E-state index >= 15 is 0 Å². The molecular formula is C20H22BrNO4S. The average Bonchev–Trinajstić information content (AvgIpc) is 2.68. The number of morpholine rings is 1. The minimum absolute atomic E-state index is 0.0942. The van der Waals surface area contributed by atoms with Gasteiger partial charge in [0, 0.05) is 11.0 Å². The number of hydrogen-bond acceptors (Lipinski definition) is 4. The Balaban J connectivity index is 1.87. The SMILES string of the molecule is CC(C)S(=O)(=O)c1ccccc1C(=O)N1CCOC(c2ccc(Br)cc2)C1. The van der Waals surface area contributed by atoms with Crippen LogP contribution in [0.3, 0.4) is 0 Å². The Morgan fingerprint density at radius 2 is 1.81 bits per heavy atom. The molecule has 0 aromatic heterocycles. The number of carbonyl (C=O) groups is 1. The van der Waals surface area contributed by atoms with Gasteiger partial charge in [0.25, 0.3) is 5.91 Å². The van der Waals surface area contributed by atoms with Crippen LogP contribution in [0.5, 0.6) is 0 Å². The summed E-state index contributed by atoms with van der Waals surface area (Å²) in [5.41, 5.74) is 1.21. The predicted octanol–water partition coefficient (Wildman–Crippen LogP) is 3.84. The van der Waals surface area contributed by atoms with Gasteiger partial charge in [-0.15, -0.1) is 0 Å². The quantitative estimate of drug-likeness (QED) is 0.707. The number of benzene rings is 2. The van der Waals surface area contributed by atoms with Crippen molar-refractivity contribution in [2.75, 3.05) is 19.7 Å². The fourth-order valence-corrected chi connectivity index (χ4v) is 4.53. The minimum Gasteiger partial charge on any atom is -0.370 e. The lowest BCUT2D eigenvalue weighted by atomic mass is 10.1. The fraction of sp³-hybridized carbons (Fsp3) is 0.350. The number of amides is 1. The molecule has 3 rings (SSSR count). The second kappa shape index (κ2) is 8.12. The molecule has 0 N–H and O–H groups in total. The topological polar surface area (TPSA) is 63.7 Å². The van der Waals surface area contributed by atoms with Crippen LogP contribution >= 0.6 is 15.9 Å². The second-order valence-electron chi connectivity index (χ2n) is 6.75. The van der Waals surface area contributed by atoms with Crippen LogP contribution in [0, 0.1) is 0 Å². The predicted molar refractivity (Wildman–Crippen MR) is 108 cm³/mol. The molecule has 5 nitrogen and oxygen atoms in total. The van der Waals surface area contributed by atoms with Crippen LogP contribution in [0.4, 0.5) is 0 Å². The molecule has 1 atom stereocenters. The van der Waals surface area contributed by atoms with Crippen molar-refractivity contribution in [3.63, 3.8) is 0 Å². The van der Waals surface area contributed by atoms with Crippen molar-refractivity contribution in [1.29, 1.82) is 0 Å². The molecule has 0 radical (unpaired) electrons. The third kappa shape index (κ3) is 4.25. The van der Waals surface area contributed by atoms with Crippen molar-refractivity contribution in [1.82, 2.24) is 4.90 Å². The maximum atomic E-state index is 13.1. The lowest BCUT2D eigenvalue weighted by Gasteiger charge is -2.33. The maximum absolute atomic E-state index is 13.1. The zero-order valence-electron chi connectivity index (χ0n) is 15.3. The monoisotopic (exact) mass is 451 g/mol. The van der Waals surface area contributed by atoms with Crippen molar-refractivity contribution >= 4 is 31.7 Å². The smallest absolute Gasteiger partial charge is 0.255 e. The Labute approximate surface area is 168 Å². The molecule has 2 aromatic carbocycles. The molecule has 144 valence electrons. The largest absolute Gasteiger partial charge is 0.370 e. The van der Waals surface area contributed by atoms with Crippen molar-refractivity contribution in [3.05, 3.63) is 64.1 Å². The average molecular weight is 452 g/mol. The molecule has 0 aliphatic carbocycles. The van der Waals surface area contributed by atoms with Crippen molar-refractivity contribution in [2.24, 2.45) is 0 Å². The van der Waals surface area contributed by atoms with Gasteiger partial charge in [0.1, 0.15) is 6.10 Å². The summed E-state index contributed by atoms with van der Waals surface area (Å²) in [6, 6.07) is 14.2. The normalized spacial score (nSPS) is 17.9. The van der Waals surface area contributed by atoms with Crippen LogP contribution in [-0.2, 0) is 14.6 Å². The highest BCUT2D eigenvalue weighted by molar-refractivity contribution is 9.10. The van der Waals surface area contributed by atoms with E-state index in [1.165, 1.54) is 6.07 Å². The number of halogens is 1. The third-order valence-electron chi connectivity index (χ3n) is 4.64. The van der Waals surface area contributed by atoms with Gasteiger partial charge in [-0.2, -0.15) is 0 Å². The third-order valence-corrected chi connectivity index (χ3v) is 7.38. The van der Waals surface area contributed by atoms with Crippen LogP contribution in [0.1, 0.15) is 35.9 Å². The lowest BCUT2D eigenvalue weighted by molar-refractivity contribution is -0.0229. The molecule has 1 saturated heterocycles. The van der Waals surface area contributed by atoms with E-state index in [-0.39, 0.29) is 22.5 Å². The Morgan fingerprint density at radius 1 is 1.15 bits per heavy atom. The van der Waals surface area contributed by atoms with Gasteiger partial charge in [0.05, 0.1) is 28.9 Å². The van der Waals surface area contributed by atoms with E-state index in [0.717, 1.165) is 10.0 Å². The van der Waals surface area contributed by atoms with Gasteiger partial charge in [0.2, 0.25) is 0 Å². The molecule has 27 heavy (non-hydrogen) atoms. The molecule has 7 heteroatoms. The summed E-state index contributed by atoms with van der Waals surface area (Å²) in [4.78, 5) is 14.9. The summed E-state index contributed by atoms with van der Waals surface area (Å²) >= 11 is 3.41. The Kier molecular flexibility index (Phi) is 6.03. The van der Waals surface area contributed by atoms with E-state index in [4.69, 9.17) is 4.74 Å². The summed E-state index contributed by atoms with van der Waals surface area (Å²) in [6.07, 6.45) is -0.232. The van der Waals surface area contributed by atoms with E-state index in [0.29, 0.717) is 19.7 Å². The lowest BCUT2D eigenvalue weighted by Crippen LogP contribution is -2.42. The van der Waals surface area contributed by atoms with Crippen molar-refractivity contribution in [2.45, 2.75) is 30.1 Å². The van der Waals surface area contributed by atoms with Gasteiger partial charge >= 0.3 is 0 Å². The highest BCUT2D eigenvalue weighted by atomic mass is 79.9. The zero-order chi connectivity index (χ0) is 19.6.